The van der Waals surface area contributed by atoms with Crippen LogP contribution in [-0.2, 0) is 6.42 Å². The van der Waals surface area contributed by atoms with Gasteiger partial charge in [0.1, 0.15) is 0 Å². The lowest BCUT2D eigenvalue weighted by molar-refractivity contribution is 0.0971. The molecule has 25 heavy (non-hydrogen) atoms. The summed E-state index contributed by atoms with van der Waals surface area (Å²) >= 11 is 5.52. The summed E-state index contributed by atoms with van der Waals surface area (Å²) in [7, 11) is 0. The minimum Gasteiger partial charge on any atom is -0.356 e. The Labute approximate surface area is 151 Å². The number of benzene rings is 2. The highest BCUT2D eigenvalue weighted by molar-refractivity contribution is 7.80. The first-order valence-electron chi connectivity index (χ1n) is 8.41. The molecule has 0 saturated heterocycles. The average molecular weight is 349 g/mol. The molecule has 5 heteroatoms. The Balaban J connectivity index is 1.56. The van der Waals surface area contributed by atoms with Gasteiger partial charge in [-0.15, -0.1) is 0 Å². The predicted molar refractivity (Wildman–Crippen MR) is 104 cm³/mol. The summed E-state index contributed by atoms with van der Waals surface area (Å²) in [5.74, 6) is -0.166. The third kappa shape index (κ3) is 2.81. The number of para-hydroxylation sites is 1. The van der Waals surface area contributed by atoms with E-state index in [1.165, 1.54) is 16.6 Å². The largest absolute Gasteiger partial charge is 0.356 e. The molecule has 0 radical (unpaired) electrons. The fraction of sp³-hybridized carbons (Fsp3) is 0.200. The minimum atomic E-state index is -0.166. The number of aromatic amines is 1. The molecule has 0 bridgehead atoms. The molecule has 1 atom stereocenters. The van der Waals surface area contributed by atoms with E-state index < -0.39 is 0 Å². The van der Waals surface area contributed by atoms with Crippen LogP contribution in [0.4, 0.5) is 0 Å². The van der Waals surface area contributed by atoms with Crippen molar-refractivity contribution in [1.82, 2.24) is 15.2 Å². The van der Waals surface area contributed by atoms with Gasteiger partial charge < -0.3 is 9.88 Å². The second-order valence-corrected chi connectivity index (χ2v) is 6.69. The van der Waals surface area contributed by atoms with E-state index in [-0.39, 0.29) is 11.9 Å². The Kier molecular flexibility index (Phi) is 4.01. The van der Waals surface area contributed by atoms with Gasteiger partial charge in [0.25, 0.3) is 5.91 Å². The lowest BCUT2D eigenvalue weighted by Gasteiger charge is -2.35. The van der Waals surface area contributed by atoms with Crippen LogP contribution in [0.3, 0.4) is 0 Å². The van der Waals surface area contributed by atoms with Crippen LogP contribution < -0.4 is 5.32 Å². The van der Waals surface area contributed by atoms with Gasteiger partial charge in [0.05, 0.1) is 6.04 Å². The summed E-state index contributed by atoms with van der Waals surface area (Å²) in [6.07, 6.45) is 0.908. The zero-order valence-corrected chi connectivity index (χ0v) is 14.8. The molecule has 0 spiro atoms. The number of aromatic nitrogens is 1. The Hall–Kier alpha value is -2.66. The van der Waals surface area contributed by atoms with Crippen LogP contribution in [-0.4, -0.2) is 27.4 Å². The second kappa shape index (κ2) is 6.33. The van der Waals surface area contributed by atoms with Crippen LogP contribution in [0.2, 0.25) is 0 Å². The molecule has 2 N–H and O–H groups in total. The Morgan fingerprint density at radius 1 is 1.16 bits per heavy atom. The topological polar surface area (TPSA) is 48.1 Å². The van der Waals surface area contributed by atoms with Crippen LogP contribution in [0.1, 0.15) is 34.6 Å². The number of hydrogen-bond donors (Lipinski definition) is 2. The fourth-order valence-electron chi connectivity index (χ4n) is 3.54. The number of nitrogens with zero attached hydrogens (tertiary/aromatic N) is 1. The summed E-state index contributed by atoms with van der Waals surface area (Å²) in [6.45, 7) is 2.91. The minimum absolute atomic E-state index is 0.0970. The van der Waals surface area contributed by atoms with Gasteiger partial charge >= 0.3 is 0 Å². The number of carbonyl (C=O) groups excluding carboxylic acids is 1. The first-order valence-corrected chi connectivity index (χ1v) is 8.82. The molecule has 4 rings (SSSR count). The van der Waals surface area contributed by atoms with Crippen molar-refractivity contribution in [2.75, 3.05) is 6.54 Å². The highest BCUT2D eigenvalue weighted by Crippen LogP contribution is 2.34. The summed E-state index contributed by atoms with van der Waals surface area (Å²) in [5.41, 5.74) is 4.31. The van der Waals surface area contributed by atoms with Gasteiger partial charge in [-0.1, -0.05) is 36.4 Å². The van der Waals surface area contributed by atoms with Crippen LogP contribution >= 0.6 is 12.2 Å². The Morgan fingerprint density at radius 2 is 1.88 bits per heavy atom. The van der Waals surface area contributed by atoms with Gasteiger partial charge in [0, 0.05) is 28.7 Å². The maximum Gasteiger partial charge on any atom is 0.257 e. The van der Waals surface area contributed by atoms with Crippen LogP contribution in [0.5, 0.6) is 0 Å². The van der Waals surface area contributed by atoms with Crippen molar-refractivity contribution in [3.8, 4) is 0 Å². The van der Waals surface area contributed by atoms with Crippen molar-refractivity contribution in [2.45, 2.75) is 19.4 Å². The van der Waals surface area contributed by atoms with Crippen LogP contribution in [0, 0.1) is 0 Å². The van der Waals surface area contributed by atoms with E-state index in [1.54, 1.807) is 12.1 Å². The molecular weight excluding hydrogens is 330 g/mol. The standard InChI is InChI=1S/C20H19N3OS/c1-13-18-16(15-9-5-6-10-17(15)21-18)11-12-23(13)20(25)22-19(24)14-7-3-2-4-8-14/h2-10,13,21H,11-12H2,1H3,(H,22,24,25)/t13-/m0/s1. The molecule has 3 aromatic rings. The third-order valence-electron chi connectivity index (χ3n) is 4.85. The molecule has 1 aromatic heterocycles. The molecule has 1 amide bonds. The molecule has 4 nitrogen and oxygen atoms in total. The maximum atomic E-state index is 12.4. The van der Waals surface area contributed by atoms with E-state index in [0.29, 0.717) is 10.7 Å². The summed E-state index contributed by atoms with van der Waals surface area (Å²) in [5, 5.41) is 4.62. The average Bonchev–Trinajstić information content (AvgIpc) is 3.02. The Bertz CT molecular complexity index is 948. The van der Waals surface area contributed by atoms with Crippen molar-refractivity contribution in [3.05, 3.63) is 71.4 Å². The molecule has 2 aromatic carbocycles. The van der Waals surface area contributed by atoms with E-state index in [1.807, 2.05) is 24.3 Å². The molecule has 2 heterocycles. The maximum absolute atomic E-state index is 12.4. The number of fused-ring (bicyclic) bond motifs is 3. The smallest absolute Gasteiger partial charge is 0.257 e. The number of hydrogen-bond acceptors (Lipinski definition) is 2. The van der Waals surface area contributed by atoms with E-state index in [9.17, 15) is 4.79 Å². The lowest BCUT2D eigenvalue weighted by Crippen LogP contribution is -2.46. The molecule has 0 aliphatic carbocycles. The van der Waals surface area contributed by atoms with Crippen molar-refractivity contribution >= 4 is 34.1 Å². The summed E-state index contributed by atoms with van der Waals surface area (Å²) in [6, 6.07) is 17.6. The van der Waals surface area contributed by atoms with Gasteiger partial charge in [0.2, 0.25) is 0 Å². The summed E-state index contributed by atoms with van der Waals surface area (Å²) in [4.78, 5) is 18.0. The monoisotopic (exact) mass is 349 g/mol. The van der Waals surface area contributed by atoms with Gasteiger partial charge in [-0.2, -0.15) is 0 Å². The van der Waals surface area contributed by atoms with Crippen LogP contribution in [0.25, 0.3) is 10.9 Å². The number of carbonyl (C=O) groups is 1. The highest BCUT2D eigenvalue weighted by Gasteiger charge is 2.29. The lowest BCUT2D eigenvalue weighted by atomic mass is 9.99. The SMILES string of the molecule is C[C@H]1c2[nH]c3ccccc3c2CCN1C(=S)NC(=O)c1ccccc1. The van der Waals surface area contributed by atoms with E-state index >= 15 is 0 Å². The number of H-pyrrole nitrogens is 1. The van der Waals surface area contributed by atoms with Crippen molar-refractivity contribution in [3.63, 3.8) is 0 Å². The van der Waals surface area contributed by atoms with Crippen molar-refractivity contribution in [2.24, 2.45) is 0 Å². The summed E-state index contributed by atoms with van der Waals surface area (Å²) < 4.78 is 0. The highest BCUT2D eigenvalue weighted by atomic mass is 32.1. The van der Waals surface area contributed by atoms with E-state index in [4.69, 9.17) is 12.2 Å². The van der Waals surface area contributed by atoms with Gasteiger partial charge in [-0.3, -0.25) is 10.1 Å². The number of nitrogens with one attached hydrogen (secondary N) is 2. The first kappa shape index (κ1) is 15.8. The van der Waals surface area contributed by atoms with Crippen molar-refractivity contribution < 1.29 is 4.79 Å². The van der Waals surface area contributed by atoms with Gasteiger partial charge in [-0.25, -0.2) is 0 Å². The number of amides is 1. The van der Waals surface area contributed by atoms with Crippen molar-refractivity contribution in [1.29, 1.82) is 0 Å². The zero-order chi connectivity index (χ0) is 17.4. The fourth-order valence-corrected chi connectivity index (χ4v) is 3.88. The molecule has 1 aliphatic heterocycles. The molecule has 1 aliphatic rings. The van der Waals surface area contributed by atoms with E-state index in [2.05, 4.69) is 40.3 Å². The molecule has 0 saturated carbocycles. The van der Waals surface area contributed by atoms with E-state index in [0.717, 1.165) is 18.5 Å². The quantitative estimate of drug-likeness (QED) is 0.657. The molecule has 0 fully saturated rings. The predicted octanol–water partition coefficient (Wildman–Crippen LogP) is 3.80. The third-order valence-corrected chi connectivity index (χ3v) is 5.19. The number of rotatable bonds is 1. The normalized spacial score (nSPS) is 16.5. The second-order valence-electron chi connectivity index (χ2n) is 6.31. The van der Waals surface area contributed by atoms with Crippen LogP contribution in [0.15, 0.2) is 54.6 Å². The van der Waals surface area contributed by atoms with Gasteiger partial charge in [-0.05, 0) is 49.3 Å². The first-order chi connectivity index (χ1) is 12.1. The molecule has 0 unspecified atom stereocenters. The molecular formula is C20H19N3OS. The Morgan fingerprint density at radius 3 is 2.68 bits per heavy atom. The van der Waals surface area contributed by atoms with Gasteiger partial charge in [0.15, 0.2) is 5.11 Å². The molecule has 126 valence electrons. The zero-order valence-electron chi connectivity index (χ0n) is 14.0. The number of thiocarbonyl (C=S) groups is 1.